The van der Waals surface area contributed by atoms with Crippen molar-refractivity contribution < 1.29 is 4.79 Å². The van der Waals surface area contributed by atoms with Crippen molar-refractivity contribution >= 4 is 16.8 Å². The molecule has 0 N–H and O–H groups in total. The minimum Gasteiger partial charge on any atom is -0.338 e. The van der Waals surface area contributed by atoms with Crippen LogP contribution in [-0.2, 0) is 0 Å². The van der Waals surface area contributed by atoms with Gasteiger partial charge in [0.15, 0.2) is 0 Å². The Balaban J connectivity index is 2.03. The van der Waals surface area contributed by atoms with E-state index in [1.165, 1.54) is 5.56 Å². The number of rotatable bonds is 1. The number of hydrogen-bond acceptors (Lipinski definition) is 2. The molecule has 0 atom stereocenters. The van der Waals surface area contributed by atoms with Crippen molar-refractivity contribution in [1.29, 1.82) is 0 Å². The third kappa shape index (κ3) is 2.09. The van der Waals surface area contributed by atoms with E-state index in [9.17, 15) is 4.79 Å². The predicted octanol–water partition coefficient (Wildman–Crippen LogP) is 2.94. The Kier molecular flexibility index (Phi) is 2.77. The van der Waals surface area contributed by atoms with Crippen LogP contribution in [0.5, 0.6) is 0 Å². The number of benzene rings is 1. The van der Waals surface area contributed by atoms with Gasteiger partial charge < -0.3 is 4.90 Å². The number of carbonyl (C=O) groups is 1. The molecule has 19 heavy (non-hydrogen) atoms. The van der Waals surface area contributed by atoms with Crippen LogP contribution >= 0.6 is 0 Å². The number of hydrogen-bond donors (Lipinski definition) is 0. The standard InChI is InChI=1S/C16H18N2O/c1-10-4-5-15-13(6-10)7-14(12(3)17-15)16(19)18-8-11(2)9-18/h4-7,11H,8-9H2,1-3H3. The van der Waals surface area contributed by atoms with Gasteiger partial charge in [-0.05, 0) is 38.0 Å². The summed E-state index contributed by atoms with van der Waals surface area (Å²) in [5.41, 5.74) is 3.71. The first-order valence-corrected chi connectivity index (χ1v) is 6.72. The lowest BCUT2D eigenvalue weighted by Gasteiger charge is -2.37. The average molecular weight is 254 g/mol. The Morgan fingerprint density at radius 1 is 1.26 bits per heavy atom. The van der Waals surface area contributed by atoms with Gasteiger partial charge in [0.1, 0.15) is 0 Å². The third-order valence-electron chi connectivity index (χ3n) is 3.74. The van der Waals surface area contributed by atoms with Gasteiger partial charge in [-0.15, -0.1) is 0 Å². The second-order valence-corrected chi connectivity index (χ2v) is 5.63. The van der Waals surface area contributed by atoms with E-state index in [1.807, 2.05) is 30.0 Å². The lowest BCUT2D eigenvalue weighted by Crippen LogP contribution is -2.48. The number of carbonyl (C=O) groups excluding carboxylic acids is 1. The first kappa shape index (κ1) is 12.2. The first-order chi connectivity index (χ1) is 9.04. The van der Waals surface area contributed by atoms with Gasteiger partial charge in [0.05, 0.1) is 16.8 Å². The molecule has 1 fully saturated rings. The molecule has 0 saturated carbocycles. The Hall–Kier alpha value is -1.90. The molecule has 3 rings (SSSR count). The average Bonchev–Trinajstić information content (AvgIpc) is 2.34. The Morgan fingerprint density at radius 2 is 2.00 bits per heavy atom. The maximum Gasteiger partial charge on any atom is 0.255 e. The van der Waals surface area contributed by atoms with Crippen LogP contribution in [0, 0.1) is 19.8 Å². The van der Waals surface area contributed by atoms with Gasteiger partial charge in [0.2, 0.25) is 0 Å². The normalized spacial score (nSPS) is 15.6. The maximum atomic E-state index is 12.4. The zero-order chi connectivity index (χ0) is 13.6. The Bertz CT molecular complexity index is 657. The third-order valence-corrected chi connectivity index (χ3v) is 3.74. The summed E-state index contributed by atoms with van der Waals surface area (Å²) in [7, 11) is 0. The molecule has 3 heteroatoms. The van der Waals surface area contributed by atoms with Crippen LogP contribution in [0.25, 0.3) is 10.9 Å². The summed E-state index contributed by atoms with van der Waals surface area (Å²) in [4.78, 5) is 18.9. The number of aromatic nitrogens is 1. The van der Waals surface area contributed by atoms with Crippen molar-refractivity contribution in [3.8, 4) is 0 Å². The largest absolute Gasteiger partial charge is 0.338 e. The summed E-state index contributed by atoms with van der Waals surface area (Å²) in [5, 5.41) is 1.04. The number of nitrogens with zero attached hydrogens (tertiary/aromatic N) is 2. The molecule has 0 radical (unpaired) electrons. The number of amides is 1. The second kappa shape index (κ2) is 4.34. The topological polar surface area (TPSA) is 33.2 Å². The molecular weight excluding hydrogens is 236 g/mol. The van der Waals surface area contributed by atoms with E-state index in [0.717, 1.165) is 35.2 Å². The highest BCUT2D eigenvalue weighted by molar-refractivity contribution is 5.99. The lowest BCUT2D eigenvalue weighted by molar-refractivity contribution is 0.0529. The van der Waals surface area contributed by atoms with Crippen LogP contribution in [0.15, 0.2) is 24.3 Å². The lowest BCUT2D eigenvalue weighted by atomic mass is 10.00. The number of likely N-dealkylation sites (tertiary alicyclic amines) is 1. The zero-order valence-electron chi connectivity index (χ0n) is 11.6. The van der Waals surface area contributed by atoms with Crippen LogP contribution in [0.1, 0.15) is 28.5 Å². The molecule has 1 amide bonds. The Morgan fingerprint density at radius 3 is 2.68 bits per heavy atom. The van der Waals surface area contributed by atoms with E-state index in [2.05, 4.69) is 24.9 Å². The van der Waals surface area contributed by atoms with Crippen LogP contribution < -0.4 is 0 Å². The number of fused-ring (bicyclic) bond motifs is 1. The minimum atomic E-state index is 0.117. The van der Waals surface area contributed by atoms with E-state index in [4.69, 9.17) is 0 Å². The molecule has 1 aliphatic heterocycles. The quantitative estimate of drug-likeness (QED) is 0.784. The van der Waals surface area contributed by atoms with Crippen LogP contribution in [-0.4, -0.2) is 28.9 Å². The van der Waals surface area contributed by atoms with Gasteiger partial charge in [-0.25, -0.2) is 0 Å². The van der Waals surface area contributed by atoms with E-state index >= 15 is 0 Å². The summed E-state index contributed by atoms with van der Waals surface area (Å²) < 4.78 is 0. The highest BCUT2D eigenvalue weighted by Gasteiger charge is 2.29. The van der Waals surface area contributed by atoms with Crippen molar-refractivity contribution in [2.75, 3.05) is 13.1 Å². The molecule has 1 aromatic carbocycles. The molecule has 0 aliphatic carbocycles. The van der Waals surface area contributed by atoms with Gasteiger partial charge in [0, 0.05) is 18.5 Å². The van der Waals surface area contributed by atoms with Crippen molar-refractivity contribution in [3.63, 3.8) is 0 Å². The SMILES string of the molecule is Cc1ccc2nc(C)c(C(=O)N3CC(C)C3)cc2c1. The highest BCUT2D eigenvalue weighted by Crippen LogP contribution is 2.22. The summed E-state index contributed by atoms with van der Waals surface area (Å²) in [5.74, 6) is 0.742. The van der Waals surface area contributed by atoms with Gasteiger partial charge in [-0.1, -0.05) is 18.6 Å². The fraction of sp³-hybridized carbons (Fsp3) is 0.375. The van der Waals surface area contributed by atoms with Crippen molar-refractivity contribution in [3.05, 3.63) is 41.1 Å². The number of aryl methyl sites for hydroxylation is 2. The fourth-order valence-electron chi connectivity index (χ4n) is 2.64. The molecule has 1 saturated heterocycles. The molecule has 2 heterocycles. The van der Waals surface area contributed by atoms with Crippen LogP contribution in [0.2, 0.25) is 0 Å². The van der Waals surface area contributed by atoms with Crippen molar-refractivity contribution in [2.24, 2.45) is 5.92 Å². The van der Waals surface area contributed by atoms with Crippen molar-refractivity contribution in [2.45, 2.75) is 20.8 Å². The van der Waals surface area contributed by atoms with Gasteiger partial charge in [-0.2, -0.15) is 0 Å². The molecule has 0 bridgehead atoms. The van der Waals surface area contributed by atoms with Gasteiger partial charge in [-0.3, -0.25) is 9.78 Å². The smallest absolute Gasteiger partial charge is 0.255 e. The highest BCUT2D eigenvalue weighted by atomic mass is 16.2. The molecule has 0 unspecified atom stereocenters. The molecular formula is C16H18N2O. The maximum absolute atomic E-state index is 12.4. The van der Waals surface area contributed by atoms with Crippen molar-refractivity contribution in [1.82, 2.24) is 9.88 Å². The summed E-state index contributed by atoms with van der Waals surface area (Å²) >= 11 is 0. The molecule has 2 aromatic rings. The van der Waals surface area contributed by atoms with E-state index in [1.54, 1.807) is 0 Å². The monoisotopic (exact) mass is 254 g/mol. The van der Waals surface area contributed by atoms with Crippen LogP contribution in [0.4, 0.5) is 0 Å². The fourth-order valence-corrected chi connectivity index (χ4v) is 2.64. The van der Waals surface area contributed by atoms with E-state index in [-0.39, 0.29) is 5.91 Å². The zero-order valence-corrected chi connectivity index (χ0v) is 11.6. The minimum absolute atomic E-state index is 0.117. The second-order valence-electron chi connectivity index (χ2n) is 5.63. The summed E-state index contributed by atoms with van der Waals surface area (Å²) in [6, 6.07) is 8.12. The molecule has 1 aromatic heterocycles. The summed E-state index contributed by atoms with van der Waals surface area (Å²) in [6.07, 6.45) is 0. The van der Waals surface area contributed by atoms with E-state index < -0.39 is 0 Å². The molecule has 1 aliphatic rings. The molecule has 3 nitrogen and oxygen atoms in total. The van der Waals surface area contributed by atoms with Crippen LogP contribution in [0.3, 0.4) is 0 Å². The molecule has 0 spiro atoms. The summed E-state index contributed by atoms with van der Waals surface area (Å²) in [6.45, 7) is 7.86. The van der Waals surface area contributed by atoms with E-state index in [0.29, 0.717) is 5.92 Å². The van der Waals surface area contributed by atoms with Gasteiger partial charge >= 0.3 is 0 Å². The Labute approximate surface area is 113 Å². The predicted molar refractivity (Wildman–Crippen MR) is 76.3 cm³/mol. The van der Waals surface area contributed by atoms with Gasteiger partial charge in [0.25, 0.3) is 5.91 Å². The molecule has 98 valence electrons. The number of pyridine rings is 1. The first-order valence-electron chi connectivity index (χ1n) is 6.72.